The zero-order chi connectivity index (χ0) is 15.8. The average Bonchev–Trinajstić information content (AvgIpc) is 3.12. The number of imidazole rings is 1. The molecule has 0 bridgehead atoms. The normalized spacial score (nSPS) is 22.7. The van der Waals surface area contributed by atoms with Gasteiger partial charge in [0.05, 0.1) is 31.0 Å². The van der Waals surface area contributed by atoms with Crippen LogP contribution in [-0.2, 0) is 9.53 Å². The zero-order valence-electron chi connectivity index (χ0n) is 13.3. The predicted octanol–water partition coefficient (Wildman–Crippen LogP) is 1.17. The van der Waals surface area contributed by atoms with Crippen LogP contribution in [0.4, 0.5) is 5.13 Å². The minimum atomic E-state index is 0.0693. The summed E-state index contributed by atoms with van der Waals surface area (Å²) < 4.78 is 7.18. The Morgan fingerprint density at radius 3 is 2.96 bits per heavy atom. The van der Waals surface area contributed by atoms with Crippen molar-refractivity contribution in [3.05, 3.63) is 11.9 Å². The van der Waals surface area contributed by atoms with Crippen LogP contribution in [0.15, 0.2) is 6.20 Å². The van der Waals surface area contributed by atoms with Gasteiger partial charge in [-0.25, -0.2) is 9.50 Å². The summed E-state index contributed by atoms with van der Waals surface area (Å²) in [5.74, 6) is 0.343. The number of carbonyl (C=O) groups excluding carboxylic acids is 1. The number of aryl methyl sites for hydroxylation is 1. The molecule has 4 heterocycles. The molecule has 0 unspecified atom stereocenters. The number of hydrogen-bond acceptors (Lipinski definition) is 6. The van der Waals surface area contributed by atoms with E-state index >= 15 is 0 Å². The zero-order valence-corrected chi connectivity index (χ0v) is 14.1. The number of nitrogens with zero attached hydrogens (tertiary/aromatic N) is 5. The molecule has 124 valence electrons. The van der Waals surface area contributed by atoms with Crippen molar-refractivity contribution >= 4 is 27.3 Å². The summed E-state index contributed by atoms with van der Waals surface area (Å²) in [6.45, 7) is 6.45. The van der Waals surface area contributed by atoms with E-state index in [1.807, 2.05) is 22.5 Å². The van der Waals surface area contributed by atoms with E-state index in [-0.39, 0.29) is 11.8 Å². The van der Waals surface area contributed by atoms with Gasteiger partial charge >= 0.3 is 0 Å². The number of morpholine rings is 1. The van der Waals surface area contributed by atoms with Gasteiger partial charge in [0.25, 0.3) is 0 Å². The molecular formula is C15H21N5O2S. The van der Waals surface area contributed by atoms with E-state index in [9.17, 15) is 4.79 Å². The highest BCUT2D eigenvalue weighted by atomic mass is 32.1. The number of fused-ring (bicyclic) bond motifs is 1. The molecule has 2 aliphatic heterocycles. The maximum absolute atomic E-state index is 12.7. The third-order valence-electron chi connectivity index (χ3n) is 4.52. The van der Waals surface area contributed by atoms with Crippen molar-refractivity contribution in [2.45, 2.75) is 19.8 Å². The molecule has 1 atom stereocenters. The Balaban J connectivity index is 1.47. The van der Waals surface area contributed by atoms with Crippen molar-refractivity contribution in [3.63, 3.8) is 0 Å². The Morgan fingerprint density at radius 1 is 1.35 bits per heavy atom. The summed E-state index contributed by atoms with van der Waals surface area (Å²) in [4.78, 5) is 22.3. The summed E-state index contributed by atoms with van der Waals surface area (Å²) in [5.41, 5.74) is 0.981. The minimum Gasteiger partial charge on any atom is -0.378 e. The molecule has 2 aromatic heterocycles. The number of ether oxygens (including phenoxy) is 1. The maximum atomic E-state index is 12.7. The lowest BCUT2D eigenvalue weighted by molar-refractivity contribution is -0.139. The first kappa shape index (κ1) is 14.9. The Morgan fingerprint density at radius 2 is 2.17 bits per heavy atom. The van der Waals surface area contributed by atoms with Gasteiger partial charge < -0.3 is 14.5 Å². The predicted molar refractivity (Wildman–Crippen MR) is 87.9 cm³/mol. The second-order valence-electron chi connectivity index (χ2n) is 6.22. The Kier molecular flexibility index (Phi) is 3.94. The molecule has 7 nitrogen and oxygen atoms in total. The summed E-state index contributed by atoms with van der Waals surface area (Å²) in [6, 6.07) is 0. The van der Waals surface area contributed by atoms with Crippen LogP contribution in [0.25, 0.3) is 4.96 Å². The highest BCUT2D eigenvalue weighted by Crippen LogP contribution is 2.28. The second-order valence-corrected chi connectivity index (χ2v) is 7.15. The van der Waals surface area contributed by atoms with Crippen LogP contribution in [0, 0.1) is 12.8 Å². The van der Waals surface area contributed by atoms with E-state index in [0.29, 0.717) is 13.2 Å². The van der Waals surface area contributed by atoms with Crippen molar-refractivity contribution in [3.8, 4) is 0 Å². The Labute approximate surface area is 138 Å². The van der Waals surface area contributed by atoms with Crippen molar-refractivity contribution in [1.82, 2.24) is 19.5 Å². The third kappa shape index (κ3) is 2.92. The summed E-state index contributed by atoms with van der Waals surface area (Å²) in [6.07, 6.45) is 3.94. The van der Waals surface area contributed by atoms with Gasteiger partial charge in [-0.2, -0.15) is 0 Å². The van der Waals surface area contributed by atoms with Gasteiger partial charge in [-0.15, -0.1) is 5.10 Å². The molecule has 2 aromatic rings. The van der Waals surface area contributed by atoms with Gasteiger partial charge in [-0.1, -0.05) is 11.3 Å². The van der Waals surface area contributed by atoms with Gasteiger partial charge in [0.1, 0.15) is 0 Å². The van der Waals surface area contributed by atoms with E-state index in [1.54, 1.807) is 11.3 Å². The van der Waals surface area contributed by atoms with Crippen LogP contribution in [-0.4, -0.2) is 64.8 Å². The van der Waals surface area contributed by atoms with Crippen LogP contribution in [0.5, 0.6) is 0 Å². The standard InChI is InChI=1S/C15H21N5O2S/c1-11-9-20-14(16-11)23-15(17-20)19-4-2-3-12(10-19)13(21)18-5-7-22-8-6-18/h9,12H,2-8,10H2,1H3/t12-/m0/s1. The minimum absolute atomic E-state index is 0.0693. The molecule has 2 fully saturated rings. The molecule has 2 aliphatic rings. The number of hydrogen-bond donors (Lipinski definition) is 0. The van der Waals surface area contributed by atoms with E-state index in [0.717, 1.165) is 54.8 Å². The number of anilines is 1. The number of amides is 1. The Bertz CT molecular complexity index is 674. The summed E-state index contributed by atoms with van der Waals surface area (Å²) in [7, 11) is 0. The smallest absolute Gasteiger partial charge is 0.227 e. The number of rotatable bonds is 2. The molecule has 0 N–H and O–H groups in total. The second kappa shape index (κ2) is 6.09. The van der Waals surface area contributed by atoms with Crippen LogP contribution >= 0.6 is 11.3 Å². The third-order valence-corrected chi connectivity index (χ3v) is 5.50. The van der Waals surface area contributed by atoms with E-state index < -0.39 is 0 Å². The summed E-state index contributed by atoms with van der Waals surface area (Å²) >= 11 is 1.60. The molecule has 1 amide bonds. The van der Waals surface area contributed by atoms with E-state index in [4.69, 9.17) is 4.74 Å². The van der Waals surface area contributed by atoms with Gasteiger partial charge in [0, 0.05) is 26.2 Å². The molecule has 4 rings (SSSR count). The SMILES string of the molecule is Cc1cn2nc(N3CCC[C@H](C(=O)N4CCOCC4)C3)sc2n1. The lowest BCUT2D eigenvalue weighted by Crippen LogP contribution is -2.48. The molecule has 0 saturated carbocycles. The molecule has 0 radical (unpaired) electrons. The van der Waals surface area contributed by atoms with Crippen molar-refractivity contribution in [2.24, 2.45) is 5.92 Å². The molecule has 2 saturated heterocycles. The van der Waals surface area contributed by atoms with Gasteiger partial charge in [-0.05, 0) is 19.8 Å². The summed E-state index contributed by atoms with van der Waals surface area (Å²) in [5, 5.41) is 5.58. The number of piperidine rings is 1. The van der Waals surface area contributed by atoms with Crippen LogP contribution < -0.4 is 4.90 Å². The van der Waals surface area contributed by atoms with Crippen LogP contribution in [0.1, 0.15) is 18.5 Å². The van der Waals surface area contributed by atoms with Gasteiger partial charge in [-0.3, -0.25) is 4.79 Å². The molecule has 0 aliphatic carbocycles. The van der Waals surface area contributed by atoms with Crippen LogP contribution in [0.2, 0.25) is 0 Å². The van der Waals surface area contributed by atoms with E-state index in [1.165, 1.54) is 0 Å². The molecular weight excluding hydrogens is 314 g/mol. The van der Waals surface area contributed by atoms with Crippen molar-refractivity contribution < 1.29 is 9.53 Å². The maximum Gasteiger partial charge on any atom is 0.227 e. The highest BCUT2D eigenvalue weighted by Gasteiger charge is 2.31. The lowest BCUT2D eigenvalue weighted by atomic mass is 9.96. The largest absolute Gasteiger partial charge is 0.378 e. The Hall–Kier alpha value is -1.67. The lowest BCUT2D eigenvalue weighted by Gasteiger charge is -2.35. The average molecular weight is 335 g/mol. The first-order valence-corrected chi connectivity index (χ1v) is 8.96. The fraction of sp³-hybridized carbons (Fsp3) is 0.667. The molecule has 0 spiro atoms. The first-order chi connectivity index (χ1) is 11.2. The molecule has 8 heteroatoms. The van der Waals surface area contributed by atoms with E-state index in [2.05, 4.69) is 15.0 Å². The fourth-order valence-corrected chi connectivity index (χ4v) is 4.28. The fourth-order valence-electron chi connectivity index (χ4n) is 3.32. The number of carbonyl (C=O) groups is 1. The van der Waals surface area contributed by atoms with Crippen molar-refractivity contribution in [2.75, 3.05) is 44.3 Å². The van der Waals surface area contributed by atoms with Gasteiger partial charge in [0.2, 0.25) is 16.0 Å². The number of aromatic nitrogens is 3. The molecule has 23 heavy (non-hydrogen) atoms. The monoisotopic (exact) mass is 335 g/mol. The van der Waals surface area contributed by atoms with Gasteiger partial charge in [0.15, 0.2) is 0 Å². The topological polar surface area (TPSA) is 63.0 Å². The van der Waals surface area contributed by atoms with Crippen molar-refractivity contribution in [1.29, 1.82) is 0 Å². The first-order valence-electron chi connectivity index (χ1n) is 8.15. The van der Waals surface area contributed by atoms with Crippen LogP contribution in [0.3, 0.4) is 0 Å². The highest BCUT2D eigenvalue weighted by molar-refractivity contribution is 7.20. The molecule has 0 aromatic carbocycles. The quantitative estimate of drug-likeness (QED) is 0.824.